The van der Waals surface area contributed by atoms with E-state index in [0.29, 0.717) is 24.8 Å². The van der Waals surface area contributed by atoms with E-state index < -0.39 is 0 Å². The van der Waals surface area contributed by atoms with Crippen LogP contribution in [0.25, 0.3) is 5.69 Å². The lowest BCUT2D eigenvalue weighted by molar-refractivity contribution is 0.0919. The molecule has 1 amide bonds. The standard InChI is InChI=1S/C18H22N4O2/c1-18(9-10-24-12-18)11-19-17(23)15-16(13-7-8-13)22(21-20-15)14-5-3-2-4-6-14/h2-6,13H,7-12H2,1H3,(H,19,23). The average molecular weight is 326 g/mol. The Hall–Kier alpha value is -2.21. The summed E-state index contributed by atoms with van der Waals surface area (Å²) in [4.78, 5) is 12.7. The molecule has 1 atom stereocenters. The summed E-state index contributed by atoms with van der Waals surface area (Å²) in [5.74, 6) is 0.249. The highest BCUT2D eigenvalue weighted by atomic mass is 16.5. The van der Waals surface area contributed by atoms with Crippen LogP contribution in [0, 0.1) is 5.41 Å². The summed E-state index contributed by atoms with van der Waals surface area (Å²) in [7, 11) is 0. The summed E-state index contributed by atoms with van der Waals surface area (Å²) >= 11 is 0. The smallest absolute Gasteiger partial charge is 0.273 e. The average Bonchev–Trinajstić information content (AvgIpc) is 3.19. The van der Waals surface area contributed by atoms with Crippen molar-refractivity contribution < 1.29 is 9.53 Å². The molecule has 2 heterocycles. The molecule has 1 saturated carbocycles. The number of carbonyl (C=O) groups is 1. The van der Waals surface area contributed by atoms with Crippen molar-refractivity contribution in [1.82, 2.24) is 20.3 Å². The van der Waals surface area contributed by atoms with E-state index >= 15 is 0 Å². The minimum Gasteiger partial charge on any atom is -0.381 e. The third-order valence-corrected chi connectivity index (χ3v) is 4.86. The van der Waals surface area contributed by atoms with E-state index in [1.807, 2.05) is 35.0 Å². The Morgan fingerprint density at radius 1 is 1.38 bits per heavy atom. The summed E-state index contributed by atoms with van der Waals surface area (Å²) in [5.41, 5.74) is 2.36. The largest absolute Gasteiger partial charge is 0.381 e. The molecule has 1 aromatic carbocycles. The van der Waals surface area contributed by atoms with Crippen molar-refractivity contribution in [3.8, 4) is 5.69 Å². The zero-order valence-electron chi connectivity index (χ0n) is 13.9. The Bertz CT molecular complexity index is 731. The fraction of sp³-hybridized carbons (Fsp3) is 0.500. The summed E-state index contributed by atoms with van der Waals surface area (Å²) < 4.78 is 7.26. The molecule has 1 saturated heterocycles. The van der Waals surface area contributed by atoms with E-state index in [-0.39, 0.29) is 11.3 Å². The SMILES string of the molecule is CC1(CNC(=O)c2nnn(-c3ccccc3)c2C2CC2)CCOC1. The molecule has 6 nitrogen and oxygen atoms in total. The van der Waals surface area contributed by atoms with Gasteiger partial charge in [-0.2, -0.15) is 0 Å². The van der Waals surface area contributed by atoms with Gasteiger partial charge in [0.2, 0.25) is 0 Å². The number of hydrogen-bond donors (Lipinski definition) is 1. The first-order valence-electron chi connectivity index (χ1n) is 8.53. The van der Waals surface area contributed by atoms with Gasteiger partial charge >= 0.3 is 0 Å². The summed E-state index contributed by atoms with van der Waals surface area (Å²) in [6, 6.07) is 9.87. The number of ether oxygens (including phenoxy) is 1. The third-order valence-electron chi connectivity index (χ3n) is 4.86. The Labute approximate surface area is 141 Å². The number of benzene rings is 1. The number of rotatable bonds is 5. The van der Waals surface area contributed by atoms with Crippen LogP contribution in [-0.4, -0.2) is 40.7 Å². The predicted molar refractivity (Wildman–Crippen MR) is 89.2 cm³/mol. The molecule has 0 bridgehead atoms. The van der Waals surface area contributed by atoms with Gasteiger partial charge in [-0.15, -0.1) is 5.10 Å². The number of amides is 1. The maximum atomic E-state index is 12.7. The first-order chi connectivity index (χ1) is 11.7. The zero-order valence-corrected chi connectivity index (χ0v) is 13.9. The van der Waals surface area contributed by atoms with Crippen molar-refractivity contribution in [2.75, 3.05) is 19.8 Å². The van der Waals surface area contributed by atoms with Gasteiger partial charge in [-0.25, -0.2) is 4.68 Å². The van der Waals surface area contributed by atoms with E-state index in [1.54, 1.807) is 0 Å². The molecule has 24 heavy (non-hydrogen) atoms. The van der Waals surface area contributed by atoms with Crippen LogP contribution >= 0.6 is 0 Å². The second-order valence-corrected chi connectivity index (χ2v) is 7.14. The molecular weight excluding hydrogens is 304 g/mol. The van der Waals surface area contributed by atoms with Crippen LogP contribution in [0.1, 0.15) is 48.3 Å². The van der Waals surface area contributed by atoms with Crippen LogP contribution in [0.5, 0.6) is 0 Å². The highest BCUT2D eigenvalue weighted by Gasteiger charge is 2.35. The molecule has 0 radical (unpaired) electrons. The van der Waals surface area contributed by atoms with Crippen LogP contribution in [0.2, 0.25) is 0 Å². The summed E-state index contributed by atoms with van der Waals surface area (Å²) in [6.07, 6.45) is 3.15. The highest BCUT2D eigenvalue weighted by molar-refractivity contribution is 5.93. The molecule has 126 valence electrons. The van der Waals surface area contributed by atoms with Gasteiger partial charge in [-0.3, -0.25) is 4.79 Å². The molecule has 2 aliphatic rings. The van der Waals surface area contributed by atoms with Gasteiger partial charge in [-0.1, -0.05) is 30.3 Å². The summed E-state index contributed by atoms with van der Waals surface area (Å²) in [5, 5.41) is 11.5. The molecule has 1 aliphatic carbocycles. The van der Waals surface area contributed by atoms with Gasteiger partial charge in [-0.05, 0) is 31.4 Å². The number of hydrogen-bond acceptors (Lipinski definition) is 4. The second-order valence-electron chi connectivity index (χ2n) is 7.14. The minimum absolute atomic E-state index is 0.0187. The highest BCUT2D eigenvalue weighted by Crippen LogP contribution is 2.42. The van der Waals surface area contributed by atoms with Gasteiger partial charge in [0.05, 0.1) is 18.0 Å². The van der Waals surface area contributed by atoms with Gasteiger partial charge in [0, 0.05) is 24.5 Å². The van der Waals surface area contributed by atoms with E-state index in [0.717, 1.165) is 37.3 Å². The number of para-hydroxylation sites is 1. The lowest BCUT2D eigenvalue weighted by Crippen LogP contribution is -2.36. The summed E-state index contributed by atoms with van der Waals surface area (Å²) in [6.45, 7) is 4.21. The van der Waals surface area contributed by atoms with E-state index in [4.69, 9.17) is 4.74 Å². The Kier molecular flexibility index (Phi) is 3.84. The van der Waals surface area contributed by atoms with Gasteiger partial charge in [0.15, 0.2) is 5.69 Å². The van der Waals surface area contributed by atoms with Crippen LogP contribution in [0.15, 0.2) is 30.3 Å². The maximum Gasteiger partial charge on any atom is 0.273 e. The molecular formula is C18H22N4O2. The van der Waals surface area contributed by atoms with E-state index in [1.165, 1.54) is 0 Å². The Morgan fingerprint density at radius 2 is 2.17 bits per heavy atom. The van der Waals surface area contributed by atoms with Crippen molar-refractivity contribution >= 4 is 5.91 Å². The predicted octanol–water partition coefficient (Wildman–Crippen LogP) is 2.30. The fourth-order valence-corrected chi connectivity index (χ4v) is 3.16. The number of carbonyl (C=O) groups excluding carboxylic acids is 1. The molecule has 2 aromatic rings. The van der Waals surface area contributed by atoms with E-state index in [9.17, 15) is 4.79 Å². The molecule has 4 rings (SSSR count). The molecule has 1 aromatic heterocycles. The molecule has 1 unspecified atom stereocenters. The molecule has 2 fully saturated rings. The van der Waals surface area contributed by atoms with E-state index in [2.05, 4.69) is 22.6 Å². The number of nitrogens with one attached hydrogen (secondary N) is 1. The molecule has 1 N–H and O–H groups in total. The normalized spacial score (nSPS) is 23.4. The van der Waals surface area contributed by atoms with Crippen LogP contribution in [-0.2, 0) is 4.74 Å². The monoisotopic (exact) mass is 326 g/mol. The van der Waals surface area contributed by atoms with Crippen LogP contribution in [0.4, 0.5) is 0 Å². The number of aromatic nitrogens is 3. The topological polar surface area (TPSA) is 69.0 Å². The molecule has 1 aliphatic heterocycles. The third kappa shape index (κ3) is 2.94. The zero-order chi connectivity index (χ0) is 16.6. The molecule has 0 spiro atoms. The van der Waals surface area contributed by atoms with Gasteiger partial charge < -0.3 is 10.1 Å². The number of nitrogens with zero attached hydrogens (tertiary/aromatic N) is 3. The minimum atomic E-state index is -0.132. The quantitative estimate of drug-likeness (QED) is 0.915. The van der Waals surface area contributed by atoms with Gasteiger partial charge in [0.1, 0.15) is 0 Å². The maximum absolute atomic E-state index is 12.7. The van der Waals surface area contributed by atoms with Crippen molar-refractivity contribution in [2.45, 2.75) is 32.1 Å². The fourth-order valence-electron chi connectivity index (χ4n) is 3.16. The second kappa shape index (κ2) is 6.02. The van der Waals surface area contributed by atoms with Crippen LogP contribution in [0.3, 0.4) is 0 Å². The van der Waals surface area contributed by atoms with Crippen molar-refractivity contribution in [3.63, 3.8) is 0 Å². The molecule has 6 heteroatoms. The lowest BCUT2D eigenvalue weighted by Gasteiger charge is -2.21. The van der Waals surface area contributed by atoms with Crippen molar-refractivity contribution in [3.05, 3.63) is 41.7 Å². The Balaban J connectivity index is 1.57. The van der Waals surface area contributed by atoms with Crippen molar-refractivity contribution in [1.29, 1.82) is 0 Å². The van der Waals surface area contributed by atoms with Crippen molar-refractivity contribution in [2.24, 2.45) is 5.41 Å². The lowest BCUT2D eigenvalue weighted by atomic mass is 9.90. The first kappa shape index (κ1) is 15.3. The van der Waals surface area contributed by atoms with Crippen LogP contribution < -0.4 is 5.32 Å². The Morgan fingerprint density at radius 3 is 2.83 bits per heavy atom. The van der Waals surface area contributed by atoms with Gasteiger partial charge in [0.25, 0.3) is 5.91 Å². The first-order valence-corrected chi connectivity index (χ1v) is 8.53.